The zero-order valence-electron chi connectivity index (χ0n) is 17.9. The molecule has 1 aliphatic carbocycles. The summed E-state index contributed by atoms with van der Waals surface area (Å²) in [4.78, 5) is 17.5. The fraction of sp³-hybridized carbons (Fsp3) is 0.160. The number of aryl methyl sites for hydroxylation is 2. The topological polar surface area (TPSA) is 90.2 Å². The fourth-order valence-electron chi connectivity index (χ4n) is 4.79. The summed E-state index contributed by atoms with van der Waals surface area (Å²) in [7, 11) is 1.92. The number of nitrogen functional groups attached to an aromatic ring is 1. The summed E-state index contributed by atoms with van der Waals surface area (Å²) >= 11 is 0. The number of anilines is 1. The van der Waals surface area contributed by atoms with E-state index in [9.17, 15) is 9.18 Å². The highest BCUT2D eigenvalue weighted by Crippen LogP contribution is 2.33. The Morgan fingerprint density at radius 3 is 2.88 bits per heavy atom. The molecule has 1 amide bonds. The second kappa shape index (κ2) is 7.16. The zero-order chi connectivity index (χ0) is 22.7. The van der Waals surface area contributed by atoms with E-state index < -0.39 is 0 Å². The third kappa shape index (κ3) is 3.22. The molecule has 3 N–H and O–H groups in total. The Labute approximate surface area is 188 Å². The molecule has 1 aliphatic rings. The van der Waals surface area contributed by atoms with Gasteiger partial charge in [-0.1, -0.05) is 12.1 Å². The summed E-state index contributed by atoms with van der Waals surface area (Å²) in [6.45, 7) is 0. The first-order valence-corrected chi connectivity index (χ1v) is 10.8. The third-order valence-electron chi connectivity index (χ3n) is 6.41. The molecular weight excluding hydrogens is 419 g/mol. The van der Waals surface area contributed by atoms with Crippen LogP contribution in [-0.2, 0) is 13.5 Å². The highest BCUT2D eigenvalue weighted by molar-refractivity contribution is 6.08. The largest absolute Gasteiger partial charge is 0.366 e. The number of hydrogen-bond donors (Lipinski definition) is 2. The van der Waals surface area contributed by atoms with Gasteiger partial charge in [0.05, 0.1) is 11.6 Å². The number of pyridine rings is 1. The van der Waals surface area contributed by atoms with Crippen LogP contribution in [0.25, 0.3) is 27.7 Å². The molecule has 0 fully saturated rings. The molecule has 5 aromatic rings. The summed E-state index contributed by atoms with van der Waals surface area (Å²) in [6, 6.07) is 14.5. The normalized spacial score (nSPS) is 15.3. The third-order valence-corrected chi connectivity index (χ3v) is 6.41. The van der Waals surface area contributed by atoms with Gasteiger partial charge in [-0.2, -0.15) is 4.98 Å². The van der Waals surface area contributed by atoms with E-state index in [0.29, 0.717) is 11.2 Å². The molecule has 3 aromatic heterocycles. The van der Waals surface area contributed by atoms with Crippen LogP contribution in [-0.4, -0.2) is 25.1 Å². The Morgan fingerprint density at radius 1 is 1.15 bits per heavy atom. The minimum atomic E-state index is -0.281. The Morgan fingerprint density at radius 2 is 2.00 bits per heavy atom. The van der Waals surface area contributed by atoms with Crippen LogP contribution in [0.5, 0.6) is 0 Å². The molecule has 2 aromatic carbocycles. The first-order valence-electron chi connectivity index (χ1n) is 10.8. The molecule has 33 heavy (non-hydrogen) atoms. The van der Waals surface area contributed by atoms with Crippen LogP contribution in [0.15, 0.2) is 60.9 Å². The number of fused-ring (bicyclic) bond motifs is 3. The monoisotopic (exact) mass is 440 g/mol. The van der Waals surface area contributed by atoms with Crippen LogP contribution < -0.4 is 11.1 Å². The quantitative estimate of drug-likeness (QED) is 0.443. The first kappa shape index (κ1) is 19.5. The number of carbonyl (C=O) groups is 1. The van der Waals surface area contributed by atoms with Gasteiger partial charge < -0.3 is 15.6 Å². The summed E-state index contributed by atoms with van der Waals surface area (Å²) < 4.78 is 17.3. The maximum atomic E-state index is 13.8. The minimum absolute atomic E-state index is 0.166. The molecule has 6 rings (SSSR count). The number of benzene rings is 2. The minimum Gasteiger partial charge on any atom is -0.366 e. The van der Waals surface area contributed by atoms with Crippen LogP contribution in [0.3, 0.4) is 0 Å². The van der Waals surface area contributed by atoms with Gasteiger partial charge in [-0.25, -0.2) is 8.91 Å². The van der Waals surface area contributed by atoms with Crippen molar-refractivity contribution in [3.8, 4) is 11.1 Å². The number of nitrogens with zero attached hydrogens (tertiary/aromatic N) is 4. The maximum Gasteiger partial charge on any atom is 0.253 e. The lowest BCUT2D eigenvalue weighted by molar-refractivity contribution is 0.0938. The number of nitrogens with two attached hydrogens (primary N) is 1. The Hall–Kier alpha value is -4.20. The molecule has 0 unspecified atom stereocenters. The zero-order valence-corrected chi connectivity index (χ0v) is 17.9. The van der Waals surface area contributed by atoms with E-state index in [1.54, 1.807) is 10.6 Å². The number of carbonyl (C=O) groups excluding carboxylic acids is 1. The Kier molecular flexibility index (Phi) is 4.23. The molecule has 0 spiro atoms. The van der Waals surface area contributed by atoms with E-state index in [-0.39, 0.29) is 23.7 Å². The van der Waals surface area contributed by atoms with Gasteiger partial charge in [0, 0.05) is 30.3 Å². The van der Waals surface area contributed by atoms with Gasteiger partial charge in [0.25, 0.3) is 5.91 Å². The van der Waals surface area contributed by atoms with E-state index in [2.05, 4.69) is 15.4 Å². The molecule has 0 aliphatic heterocycles. The highest BCUT2D eigenvalue weighted by atomic mass is 19.1. The van der Waals surface area contributed by atoms with Gasteiger partial charge in [-0.15, -0.1) is 5.10 Å². The second-order valence-corrected chi connectivity index (χ2v) is 8.48. The van der Waals surface area contributed by atoms with E-state index in [1.807, 2.05) is 54.3 Å². The number of amides is 1. The molecule has 0 saturated heterocycles. The van der Waals surface area contributed by atoms with Crippen LogP contribution in [0.2, 0.25) is 0 Å². The predicted octanol–water partition coefficient (Wildman–Crippen LogP) is 4.03. The summed E-state index contributed by atoms with van der Waals surface area (Å²) in [6.07, 6.45) is 5.25. The van der Waals surface area contributed by atoms with E-state index in [0.717, 1.165) is 46.0 Å². The summed E-state index contributed by atoms with van der Waals surface area (Å²) in [5, 5.41) is 8.08. The standard InChI is InChI=1S/C25H21FN6O/c1-31-13-20(24(33)28-21-6-3-14-2-5-17(26)12-18(14)21)19-10-15(4-7-22(19)31)16-8-9-32-23(11-16)29-25(27)30-32/h2,4-5,7-13,21H,3,6H2,1H3,(H2,27,30)(H,28,33)/t21-/m0/s1. The molecule has 0 radical (unpaired) electrons. The Bertz CT molecular complexity index is 1570. The first-order chi connectivity index (χ1) is 16.0. The lowest BCUT2D eigenvalue weighted by atomic mass is 10.0. The van der Waals surface area contributed by atoms with Crippen LogP contribution in [0.4, 0.5) is 10.3 Å². The van der Waals surface area contributed by atoms with Crippen molar-refractivity contribution in [2.45, 2.75) is 18.9 Å². The lowest BCUT2D eigenvalue weighted by Gasteiger charge is -2.14. The van der Waals surface area contributed by atoms with Crippen molar-refractivity contribution >= 4 is 28.4 Å². The molecular formula is C25H21FN6O. The van der Waals surface area contributed by atoms with E-state index >= 15 is 0 Å². The summed E-state index contributed by atoms with van der Waals surface area (Å²) in [5.74, 6) is -0.227. The molecule has 0 bridgehead atoms. The van der Waals surface area contributed by atoms with Crippen molar-refractivity contribution in [2.75, 3.05) is 5.73 Å². The molecule has 8 heteroatoms. The summed E-state index contributed by atoms with van der Waals surface area (Å²) in [5.41, 5.74) is 11.8. The predicted molar refractivity (Wildman–Crippen MR) is 124 cm³/mol. The fourth-order valence-corrected chi connectivity index (χ4v) is 4.79. The maximum absolute atomic E-state index is 13.8. The van der Waals surface area contributed by atoms with Crippen molar-refractivity contribution in [3.63, 3.8) is 0 Å². The second-order valence-electron chi connectivity index (χ2n) is 8.48. The van der Waals surface area contributed by atoms with Crippen molar-refractivity contribution in [3.05, 3.63) is 83.4 Å². The van der Waals surface area contributed by atoms with Crippen LogP contribution in [0.1, 0.15) is 33.9 Å². The molecule has 164 valence electrons. The van der Waals surface area contributed by atoms with Crippen molar-refractivity contribution < 1.29 is 9.18 Å². The number of hydrogen-bond acceptors (Lipinski definition) is 4. The number of halogens is 1. The van der Waals surface area contributed by atoms with Gasteiger partial charge in [0.1, 0.15) is 5.82 Å². The molecule has 3 heterocycles. The van der Waals surface area contributed by atoms with Gasteiger partial charge in [0.2, 0.25) is 5.95 Å². The van der Waals surface area contributed by atoms with Crippen molar-refractivity contribution in [1.82, 2.24) is 24.5 Å². The van der Waals surface area contributed by atoms with E-state index in [1.165, 1.54) is 12.1 Å². The van der Waals surface area contributed by atoms with Crippen molar-refractivity contribution in [2.24, 2.45) is 7.05 Å². The average Bonchev–Trinajstić information content (AvgIpc) is 3.47. The lowest BCUT2D eigenvalue weighted by Crippen LogP contribution is -2.27. The Balaban J connectivity index is 1.37. The number of aromatic nitrogens is 4. The van der Waals surface area contributed by atoms with Crippen LogP contribution in [0, 0.1) is 5.82 Å². The van der Waals surface area contributed by atoms with Gasteiger partial charge in [-0.3, -0.25) is 4.79 Å². The highest BCUT2D eigenvalue weighted by Gasteiger charge is 2.26. The van der Waals surface area contributed by atoms with Crippen molar-refractivity contribution in [1.29, 1.82) is 0 Å². The van der Waals surface area contributed by atoms with Crippen LogP contribution >= 0.6 is 0 Å². The molecule has 1 atom stereocenters. The van der Waals surface area contributed by atoms with Gasteiger partial charge >= 0.3 is 0 Å². The number of rotatable bonds is 3. The molecule has 0 saturated carbocycles. The smallest absolute Gasteiger partial charge is 0.253 e. The SMILES string of the molecule is Cn1cc(C(=O)N[C@H]2CCc3ccc(F)cc32)c2cc(-c3ccn4nc(N)nc4c3)ccc21. The molecule has 7 nitrogen and oxygen atoms in total. The number of nitrogens with one attached hydrogen (secondary N) is 1. The van der Waals surface area contributed by atoms with E-state index in [4.69, 9.17) is 5.73 Å². The average molecular weight is 440 g/mol. The van der Waals surface area contributed by atoms with Gasteiger partial charge in [-0.05, 0) is 71.5 Å². The van der Waals surface area contributed by atoms with Gasteiger partial charge in [0.15, 0.2) is 5.65 Å².